The number of nitro benzene ring substituents is 1. The molecule has 2 aromatic rings. The molecule has 0 bridgehead atoms. The van der Waals surface area contributed by atoms with Gasteiger partial charge < -0.3 is 16.0 Å². The molecule has 1 fully saturated rings. The highest BCUT2D eigenvalue weighted by molar-refractivity contribution is 7.10. The predicted octanol–water partition coefficient (Wildman–Crippen LogP) is 2.34. The van der Waals surface area contributed by atoms with Crippen LogP contribution in [0.25, 0.3) is 0 Å². The Kier molecular flexibility index (Phi) is 6.78. The fourth-order valence-corrected chi connectivity index (χ4v) is 4.56. The number of nitrogens with one attached hydrogen (secondary N) is 3. The molecule has 1 aliphatic carbocycles. The molecule has 1 aliphatic rings. The fraction of sp³-hybridized carbons (Fsp3) is 0.350. The first-order chi connectivity index (χ1) is 14.4. The lowest BCUT2D eigenvalue weighted by molar-refractivity contribution is -0.384. The van der Waals surface area contributed by atoms with Crippen LogP contribution in [0.2, 0.25) is 0 Å². The van der Waals surface area contributed by atoms with Gasteiger partial charge in [-0.25, -0.2) is 0 Å². The Morgan fingerprint density at radius 2 is 1.73 bits per heavy atom. The highest BCUT2D eigenvalue weighted by Crippen LogP contribution is 2.42. The van der Waals surface area contributed by atoms with E-state index in [0.717, 1.165) is 25.7 Å². The van der Waals surface area contributed by atoms with Gasteiger partial charge in [-0.2, -0.15) is 0 Å². The van der Waals surface area contributed by atoms with Crippen molar-refractivity contribution in [2.45, 2.75) is 31.1 Å². The van der Waals surface area contributed by atoms with Crippen molar-refractivity contribution >= 4 is 40.4 Å². The van der Waals surface area contributed by atoms with Gasteiger partial charge in [0.25, 0.3) is 5.69 Å². The summed E-state index contributed by atoms with van der Waals surface area (Å²) >= 11 is 1.68. The molecule has 0 unspecified atom stereocenters. The van der Waals surface area contributed by atoms with Gasteiger partial charge in [-0.3, -0.25) is 24.5 Å². The fourth-order valence-electron chi connectivity index (χ4n) is 3.57. The van der Waals surface area contributed by atoms with E-state index in [2.05, 4.69) is 22.0 Å². The second-order valence-corrected chi connectivity index (χ2v) is 8.13. The molecule has 9 nitrogen and oxygen atoms in total. The molecule has 3 N–H and O–H groups in total. The first kappa shape index (κ1) is 21.4. The topological polar surface area (TPSA) is 130 Å². The molecule has 0 spiro atoms. The number of anilines is 1. The van der Waals surface area contributed by atoms with Crippen molar-refractivity contribution in [3.63, 3.8) is 0 Å². The average molecular weight is 430 g/mol. The number of hydrogen-bond acceptors (Lipinski definition) is 6. The van der Waals surface area contributed by atoms with Gasteiger partial charge in [-0.1, -0.05) is 18.9 Å². The molecule has 0 aliphatic heterocycles. The SMILES string of the molecule is O=C(CNC(=O)C(=O)Nc1ccc([N+](=O)[O-])cc1)NCC1(c2cccs2)CCCC1. The zero-order valence-electron chi connectivity index (χ0n) is 16.2. The monoisotopic (exact) mass is 430 g/mol. The van der Waals surface area contributed by atoms with Crippen LogP contribution in [0.4, 0.5) is 11.4 Å². The number of nitrogens with zero attached hydrogens (tertiary/aromatic N) is 1. The van der Waals surface area contributed by atoms with Crippen LogP contribution in [0.5, 0.6) is 0 Å². The summed E-state index contributed by atoms with van der Waals surface area (Å²) in [5, 5.41) is 20.1. The van der Waals surface area contributed by atoms with E-state index in [1.54, 1.807) is 11.3 Å². The Hall–Kier alpha value is -3.27. The molecule has 1 aromatic carbocycles. The van der Waals surface area contributed by atoms with Crippen molar-refractivity contribution in [1.82, 2.24) is 10.6 Å². The molecule has 3 rings (SSSR count). The zero-order chi connectivity index (χ0) is 21.6. The van der Waals surface area contributed by atoms with Crippen molar-refractivity contribution in [3.8, 4) is 0 Å². The van der Waals surface area contributed by atoms with Crippen LogP contribution >= 0.6 is 11.3 Å². The normalized spacial score (nSPS) is 14.7. The van der Waals surface area contributed by atoms with Gasteiger partial charge in [0, 0.05) is 34.7 Å². The van der Waals surface area contributed by atoms with Crippen molar-refractivity contribution < 1.29 is 19.3 Å². The van der Waals surface area contributed by atoms with Crippen molar-refractivity contribution in [3.05, 3.63) is 56.8 Å². The third-order valence-electron chi connectivity index (χ3n) is 5.18. The number of benzene rings is 1. The minimum Gasteiger partial charge on any atom is -0.354 e. The van der Waals surface area contributed by atoms with Crippen LogP contribution in [0.3, 0.4) is 0 Å². The van der Waals surface area contributed by atoms with Gasteiger partial charge in [0.05, 0.1) is 11.5 Å². The molecule has 1 saturated carbocycles. The Morgan fingerprint density at radius 3 is 2.33 bits per heavy atom. The lowest BCUT2D eigenvalue weighted by atomic mass is 9.84. The average Bonchev–Trinajstić information content (AvgIpc) is 3.43. The zero-order valence-corrected chi connectivity index (χ0v) is 17.0. The Morgan fingerprint density at radius 1 is 1.03 bits per heavy atom. The highest BCUT2D eigenvalue weighted by atomic mass is 32.1. The minimum atomic E-state index is -0.961. The quantitative estimate of drug-likeness (QED) is 0.353. The lowest BCUT2D eigenvalue weighted by Gasteiger charge is -2.28. The molecule has 0 saturated heterocycles. The summed E-state index contributed by atoms with van der Waals surface area (Å²) in [5.74, 6) is -2.28. The van der Waals surface area contributed by atoms with Gasteiger partial charge in [-0.05, 0) is 36.4 Å². The second-order valence-electron chi connectivity index (χ2n) is 7.18. The van der Waals surface area contributed by atoms with Crippen LogP contribution in [-0.4, -0.2) is 35.7 Å². The molecular weight excluding hydrogens is 408 g/mol. The van der Waals surface area contributed by atoms with E-state index in [1.165, 1.54) is 29.1 Å². The van der Waals surface area contributed by atoms with E-state index < -0.39 is 16.7 Å². The first-order valence-electron chi connectivity index (χ1n) is 9.54. The maximum atomic E-state index is 12.2. The largest absolute Gasteiger partial charge is 0.354 e. The Labute approximate surface area is 177 Å². The van der Waals surface area contributed by atoms with Gasteiger partial charge >= 0.3 is 11.8 Å². The number of rotatable bonds is 7. The Balaban J connectivity index is 1.45. The van der Waals surface area contributed by atoms with Gasteiger partial charge in [0.15, 0.2) is 0 Å². The molecule has 1 aromatic heterocycles. The van der Waals surface area contributed by atoms with E-state index in [4.69, 9.17) is 0 Å². The molecular formula is C20H22N4O5S. The van der Waals surface area contributed by atoms with Gasteiger partial charge in [-0.15, -0.1) is 11.3 Å². The smallest absolute Gasteiger partial charge is 0.313 e. The predicted molar refractivity (Wildman–Crippen MR) is 112 cm³/mol. The summed E-state index contributed by atoms with van der Waals surface area (Å²) in [4.78, 5) is 47.4. The van der Waals surface area contributed by atoms with E-state index in [-0.39, 0.29) is 29.2 Å². The third kappa shape index (κ3) is 5.20. The lowest BCUT2D eigenvalue weighted by Crippen LogP contribution is -2.45. The molecule has 10 heteroatoms. The van der Waals surface area contributed by atoms with Crippen LogP contribution in [-0.2, 0) is 19.8 Å². The maximum absolute atomic E-state index is 12.2. The van der Waals surface area contributed by atoms with E-state index in [9.17, 15) is 24.5 Å². The number of carbonyl (C=O) groups excluding carboxylic acids is 3. The van der Waals surface area contributed by atoms with Gasteiger partial charge in [0.1, 0.15) is 0 Å². The van der Waals surface area contributed by atoms with Crippen molar-refractivity contribution in [1.29, 1.82) is 0 Å². The summed E-state index contributed by atoms with van der Waals surface area (Å²) < 4.78 is 0. The Bertz CT molecular complexity index is 921. The van der Waals surface area contributed by atoms with Crippen LogP contribution in [0.15, 0.2) is 41.8 Å². The second kappa shape index (κ2) is 9.49. The van der Waals surface area contributed by atoms with Crippen LogP contribution in [0.1, 0.15) is 30.6 Å². The highest BCUT2D eigenvalue weighted by Gasteiger charge is 2.36. The third-order valence-corrected chi connectivity index (χ3v) is 6.30. The summed E-state index contributed by atoms with van der Waals surface area (Å²) in [5.41, 5.74) is 0.0576. The molecule has 30 heavy (non-hydrogen) atoms. The summed E-state index contributed by atoms with van der Waals surface area (Å²) in [6, 6.07) is 9.17. The van der Waals surface area contributed by atoms with Gasteiger partial charge in [0.2, 0.25) is 5.91 Å². The van der Waals surface area contributed by atoms with Crippen LogP contribution in [0, 0.1) is 10.1 Å². The van der Waals surface area contributed by atoms with Crippen molar-refractivity contribution in [2.24, 2.45) is 0 Å². The molecule has 0 radical (unpaired) electrons. The summed E-state index contributed by atoms with van der Waals surface area (Å²) in [6.45, 7) is 0.185. The van der Waals surface area contributed by atoms with Crippen LogP contribution < -0.4 is 16.0 Å². The van der Waals surface area contributed by atoms with Crippen molar-refractivity contribution in [2.75, 3.05) is 18.4 Å². The number of thiophene rings is 1. The first-order valence-corrected chi connectivity index (χ1v) is 10.4. The summed E-state index contributed by atoms with van der Waals surface area (Å²) in [7, 11) is 0. The number of nitro groups is 1. The standard InChI is InChI=1S/C20H22N4O5S/c25-17(22-13-20(9-1-2-10-20)16-4-3-11-30-16)12-21-18(26)19(27)23-14-5-7-15(8-6-14)24(28)29/h3-8,11H,1-2,9-10,12-13H2,(H,21,26)(H,22,25)(H,23,27). The molecule has 158 valence electrons. The number of carbonyl (C=O) groups is 3. The number of amides is 3. The van der Waals surface area contributed by atoms with E-state index >= 15 is 0 Å². The van der Waals surface area contributed by atoms with E-state index in [1.807, 2.05) is 11.4 Å². The maximum Gasteiger partial charge on any atom is 0.313 e. The van der Waals surface area contributed by atoms with E-state index in [0.29, 0.717) is 6.54 Å². The summed E-state index contributed by atoms with van der Waals surface area (Å²) in [6.07, 6.45) is 4.26. The molecule has 1 heterocycles. The number of hydrogen-bond donors (Lipinski definition) is 3. The molecule has 0 atom stereocenters. The minimum absolute atomic E-state index is 0.0544. The number of non-ortho nitro benzene ring substituents is 1. The molecule has 3 amide bonds.